The molecular formula is C27H31N5O3. The van der Waals surface area contributed by atoms with Crippen LogP contribution >= 0.6 is 0 Å². The molecule has 35 heavy (non-hydrogen) atoms. The fourth-order valence-corrected chi connectivity index (χ4v) is 3.90. The van der Waals surface area contributed by atoms with Gasteiger partial charge in [0.25, 0.3) is 0 Å². The summed E-state index contributed by atoms with van der Waals surface area (Å²) in [5.74, 6) is 0.545. The maximum Gasteiger partial charge on any atom is 0.322 e. The number of hydrogen-bond donors (Lipinski definition) is 4. The van der Waals surface area contributed by atoms with Crippen LogP contribution in [-0.4, -0.2) is 52.3 Å². The molecule has 2 heterocycles. The standard InChI is InChI=1S/C27H31N5O3/c28-12-4-15-32(19-20-6-2-1-3-7-20)27(34)31-24-9-8-21(18-25(24)35-17-5-16-33)22-10-13-29-26-23(22)11-14-30-26/h1-3,6-11,13-14,18,33H,4-5,12,15-17,19,28H2,(H,29,30)(H,31,34). The van der Waals surface area contributed by atoms with E-state index in [1.54, 1.807) is 11.1 Å². The molecule has 182 valence electrons. The van der Waals surface area contributed by atoms with E-state index in [1.807, 2.05) is 66.9 Å². The first-order chi connectivity index (χ1) is 17.2. The second-order valence-corrected chi connectivity index (χ2v) is 8.21. The van der Waals surface area contributed by atoms with E-state index in [1.165, 1.54) is 0 Å². The second-order valence-electron chi connectivity index (χ2n) is 8.21. The number of urea groups is 1. The molecule has 0 aliphatic carbocycles. The van der Waals surface area contributed by atoms with Gasteiger partial charge in [0.2, 0.25) is 0 Å². The minimum Gasteiger partial charge on any atom is -0.491 e. The van der Waals surface area contributed by atoms with Crippen molar-refractivity contribution in [2.75, 3.05) is 31.6 Å². The molecule has 2 amide bonds. The van der Waals surface area contributed by atoms with E-state index in [4.69, 9.17) is 10.5 Å². The highest BCUT2D eigenvalue weighted by Gasteiger charge is 2.17. The molecule has 8 nitrogen and oxygen atoms in total. The van der Waals surface area contributed by atoms with Gasteiger partial charge in [0.05, 0.1) is 12.3 Å². The lowest BCUT2D eigenvalue weighted by Crippen LogP contribution is -2.36. The number of hydrogen-bond acceptors (Lipinski definition) is 5. The van der Waals surface area contributed by atoms with Crippen LogP contribution < -0.4 is 15.8 Å². The highest BCUT2D eigenvalue weighted by Crippen LogP contribution is 2.34. The van der Waals surface area contributed by atoms with Crippen LogP contribution in [0.2, 0.25) is 0 Å². The Balaban J connectivity index is 1.60. The molecule has 0 saturated heterocycles. The summed E-state index contributed by atoms with van der Waals surface area (Å²) in [7, 11) is 0. The summed E-state index contributed by atoms with van der Waals surface area (Å²) in [6, 6.07) is 19.3. The Morgan fingerprint density at radius 1 is 1.11 bits per heavy atom. The largest absolute Gasteiger partial charge is 0.491 e. The van der Waals surface area contributed by atoms with Gasteiger partial charge in [-0.25, -0.2) is 9.78 Å². The van der Waals surface area contributed by atoms with Gasteiger partial charge in [-0.1, -0.05) is 36.4 Å². The number of anilines is 1. The summed E-state index contributed by atoms with van der Waals surface area (Å²) < 4.78 is 5.98. The Kier molecular flexibility index (Phi) is 8.32. The monoisotopic (exact) mass is 473 g/mol. The molecule has 0 bridgehead atoms. The molecule has 0 atom stereocenters. The second kappa shape index (κ2) is 12.0. The van der Waals surface area contributed by atoms with Gasteiger partial charge in [0, 0.05) is 43.9 Å². The van der Waals surface area contributed by atoms with E-state index >= 15 is 0 Å². The van der Waals surface area contributed by atoms with Crippen LogP contribution in [0.25, 0.3) is 22.2 Å². The minimum atomic E-state index is -0.223. The number of amides is 2. The molecule has 4 aromatic rings. The Labute approximate surface area is 204 Å². The predicted octanol–water partition coefficient (Wildman–Crippen LogP) is 4.37. The van der Waals surface area contributed by atoms with Crippen molar-refractivity contribution in [2.24, 2.45) is 5.73 Å². The fraction of sp³-hybridized carbons (Fsp3) is 0.259. The average Bonchev–Trinajstić information content (AvgIpc) is 3.37. The quantitative estimate of drug-likeness (QED) is 0.241. The zero-order valence-electron chi connectivity index (χ0n) is 19.6. The van der Waals surface area contributed by atoms with Crippen molar-refractivity contribution in [1.82, 2.24) is 14.9 Å². The zero-order chi connectivity index (χ0) is 24.5. The van der Waals surface area contributed by atoms with E-state index < -0.39 is 0 Å². The number of carbonyl (C=O) groups excluding carboxylic acids is 1. The number of pyridine rings is 1. The van der Waals surface area contributed by atoms with Gasteiger partial charge in [-0.3, -0.25) is 0 Å². The molecule has 0 aliphatic rings. The molecule has 0 fully saturated rings. The third-order valence-corrected chi connectivity index (χ3v) is 5.69. The van der Waals surface area contributed by atoms with Crippen molar-refractivity contribution in [3.8, 4) is 16.9 Å². The molecule has 2 aromatic carbocycles. The van der Waals surface area contributed by atoms with E-state index in [-0.39, 0.29) is 12.6 Å². The fourth-order valence-electron chi connectivity index (χ4n) is 3.90. The molecule has 0 spiro atoms. The van der Waals surface area contributed by atoms with E-state index in [0.29, 0.717) is 50.5 Å². The Morgan fingerprint density at radius 2 is 1.97 bits per heavy atom. The number of rotatable bonds is 11. The molecular weight excluding hydrogens is 442 g/mol. The number of aromatic amines is 1. The molecule has 0 saturated carbocycles. The highest BCUT2D eigenvalue weighted by molar-refractivity contribution is 5.95. The minimum absolute atomic E-state index is 0.0274. The molecule has 5 N–H and O–H groups in total. The number of H-pyrrole nitrogens is 1. The van der Waals surface area contributed by atoms with E-state index in [0.717, 1.165) is 27.7 Å². The lowest BCUT2D eigenvalue weighted by molar-refractivity contribution is 0.208. The third-order valence-electron chi connectivity index (χ3n) is 5.69. The Morgan fingerprint density at radius 3 is 2.77 bits per heavy atom. The number of fused-ring (bicyclic) bond motifs is 1. The van der Waals surface area contributed by atoms with Crippen LogP contribution in [0.1, 0.15) is 18.4 Å². The van der Waals surface area contributed by atoms with Crippen molar-refractivity contribution < 1.29 is 14.6 Å². The van der Waals surface area contributed by atoms with Crippen LogP contribution in [-0.2, 0) is 6.54 Å². The topological polar surface area (TPSA) is 116 Å². The molecule has 4 rings (SSSR count). The highest BCUT2D eigenvalue weighted by atomic mass is 16.5. The van der Waals surface area contributed by atoms with Gasteiger partial charge < -0.3 is 30.8 Å². The van der Waals surface area contributed by atoms with Crippen molar-refractivity contribution in [3.63, 3.8) is 0 Å². The third kappa shape index (κ3) is 6.17. The van der Waals surface area contributed by atoms with Crippen LogP contribution in [0.4, 0.5) is 10.5 Å². The van der Waals surface area contributed by atoms with Crippen molar-refractivity contribution in [2.45, 2.75) is 19.4 Å². The molecule has 0 aliphatic heterocycles. The number of nitrogens with one attached hydrogen (secondary N) is 2. The summed E-state index contributed by atoms with van der Waals surface area (Å²) in [6.45, 7) is 1.88. The van der Waals surface area contributed by atoms with Crippen LogP contribution in [0, 0.1) is 0 Å². The number of aliphatic hydroxyl groups excluding tert-OH is 1. The van der Waals surface area contributed by atoms with Crippen molar-refractivity contribution >= 4 is 22.8 Å². The molecule has 0 radical (unpaired) electrons. The number of ether oxygens (including phenoxy) is 1. The first kappa shape index (κ1) is 24.3. The molecule has 0 unspecified atom stereocenters. The van der Waals surface area contributed by atoms with Crippen molar-refractivity contribution in [1.29, 1.82) is 0 Å². The summed E-state index contributed by atoms with van der Waals surface area (Å²) >= 11 is 0. The number of nitrogens with zero attached hydrogens (tertiary/aromatic N) is 2. The van der Waals surface area contributed by atoms with Crippen LogP contribution in [0.15, 0.2) is 73.1 Å². The van der Waals surface area contributed by atoms with Gasteiger partial charge in [-0.05, 0) is 53.9 Å². The zero-order valence-corrected chi connectivity index (χ0v) is 19.6. The smallest absolute Gasteiger partial charge is 0.322 e. The molecule has 8 heteroatoms. The van der Waals surface area contributed by atoms with E-state index in [9.17, 15) is 9.90 Å². The average molecular weight is 474 g/mol. The predicted molar refractivity (Wildman–Crippen MR) is 138 cm³/mol. The van der Waals surface area contributed by atoms with E-state index in [2.05, 4.69) is 15.3 Å². The Hall–Kier alpha value is -3.88. The summed E-state index contributed by atoms with van der Waals surface area (Å²) in [5, 5.41) is 13.2. The van der Waals surface area contributed by atoms with Crippen LogP contribution in [0.5, 0.6) is 5.75 Å². The SMILES string of the molecule is NCCCN(Cc1ccccc1)C(=O)Nc1ccc(-c2ccnc3[nH]ccc23)cc1OCCCO. The number of aliphatic hydroxyl groups is 1. The lowest BCUT2D eigenvalue weighted by atomic mass is 10.0. The van der Waals surface area contributed by atoms with Gasteiger partial charge in [-0.2, -0.15) is 0 Å². The summed E-state index contributed by atoms with van der Waals surface area (Å²) in [4.78, 5) is 22.5. The molecule has 2 aromatic heterocycles. The number of nitrogens with two attached hydrogens (primary N) is 1. The van der Waals surface area contributed by atoms with Crippen LogP contribution in [0.3, 0.4) is 0 Å². The number of benzene rings is 2. The van der Waals surface area contributed by atoms with Gasteiger partial charge in [-0.15, -0.1) is 0 Å². The van der Waals surface area contributed by atoms with Crippen molar-refractivity contribution in [3.05, 3.63) is 78.6 Å². The maximum absolute atomic E-state index is 13.3. The number of aromatic nitrogens is 2. The Bertz CT molecular complexity index is 1240. The van der Waals surface area contributed by atoms with Gasteiger partial charge in [0.15, 0.2) is 0 Å². The summed E-state index contributed by atoms with van der Waals surface area (Å²) in [5.41, 5.74) is 10.1. The first-order valence-corrected chi connectivity index (χ1v) is 11.8. The van der Waals surface area contributed by atoms with Gasteiger partial charge in [0.1, 0.15) is 11.4 Å². The lowest BCUT2D eigenvalue weighted by Gasteiger charge is -2.24. The van der Waals surface area contributed by atoms with Gasteiger partial charge >= 0.3 is 6.03 Å². The number of carbonyl (C=O) groups is 1. The first-order valence-electron chi connectivity index (χ1n) is 11.8. The maximum atomic E-state index is 13.3. The normalized spacial score (nSPS) is 10.9. The summed E-state index contributed by atoms with van der Waals surface area (Å²) in [6.07, 6.45) is 4.81.